The lowest BCUT2D eigenvalue weighted by atomic mass is 9.89. The van der Waals surface area contributed by atoms with E-state index < -0.39 is 0 Å². The Kier molecular flexibility index (Phi) is 3.71. The maximum absolute atomic E-state index is 13.4. The van der Waals surface area contributed by atoms with Crippen molar-refractivity contribution in [3.63, 3.8) is 0 Å². The first-order valence-corrected chi connectivity index (χ1v) is 7.67. The fraction of sp³-hybridized carbons (Fsp3) is 0.600. The van der Waals surface area contributed by atoms with Gasteiger partial charge in [0.05, 0.1) is 4.47 Å². The summed E-state index contributed by atoms with van der Waals surface area (Å²) < 4.78 is 14.0. The van der Waals surface area contributed by atoms with Crippen LogP contribution in [0.4, 0.5) is 4.39 Å². The summed E-state index contributed by atoms with van der Waals surface area (Å²) in [5, 5.41) is 3.50. The third kappa shape index (κ3) is 2.48. The number of benzene rings is 1. The van der Waals surface area contributed by atoms with Crippen molar-refractivity contribution in [2.75, 3.05) is 6.54 Å². The van der Waals surface area contributed by atoms with E-state index in [9.17, 15) is 4.39 Å². The fourth-order valence-corrected chi connectivity index (χ4v) is 4.11. The zero-order valence-electron chi connectivity index (χ0n) is 10.5. The van der Waals surface area contributed by atoms with Gasteiger partial charge in [0.15, 0.2) is 0 Å². The quantitative estimate of drug-likeness (QED) is 0.882. The molecule has 0 amide bonds. The smallest absolute Gasteiger partial charge is 0.137 e. The molecule has 0 aliphatic heterocycles. The highest BCUT2D eigenvalue weighted by Crippen LogP contribution is 2.47. The van der Waals surface area contributed by atoms with Gasteiger partial charge in [0.1, 0.15) is 5.82 Å². The molecule has 18 heavy (non-hydrogen) atoms. The molecule has 2 aliphatic rings. The van der Waals surface area contributed by atoms with E-state index in [0.29, 0.717) is 4.47 Å². The van der Waals surface area contributed by atoms with Gasteiger partial charge in [-0.15, -0.1) is 0 Å². The van der Waals surface area contributed by atoms with Crippen LogP contribution in [0.3, 0.4) is 0 Å². The van der Waals surface area contributed by atoms with E-state index in [4.69, 9.17) is 0 Å². The Bertz CT molecular complexity index is 435. The van der Waals surface area contributed by atoms with Gasteiger partial charge in [-0.1, -0.05) is 18.6 Å². The van der Waals surface area contributed by atoms with Crippen LogP contribution in [-0.4, -0.2) is 6.54 Å². The molecule has 3 heteroatoms. The number of hydrogen-bond acceptors (Lipinski definition) is 1. The van der Waals surface area contributed by atoms with Gasteiger partial charge in [-0.2, -0.15) is 0 Å². The van der Waals surface area contributed by atoms with Gasteiger partial charge >= 0.3 is 0 Å². The molecular weight excluding hydrogens is 293 g/mol. The lowest BCUT2D eigenvalue weighted by molar-refractivity contribution is 0.318. The van der Waals surface area contributed by atoms with Crippen LogP contribution in [0.2, 0.25) is 0 Å². The van der Waals surface area contributed by atoms with Crippen LogP contribution in [0.1, 0.15) is 31.2 Å². The molecule has 2 aliphatic carbocycles. The van der Waals surface area contributed by atoms with Crippen LogP contribution in [0, 0.1) is 23.6 Å². The molecule has 0 radical (unpaired) electrons. The topological polar surface area (TPSA) is 12.0 Å². The van der Waals surface area contributed by atoms with Gasteiger partial charge in [-0.3, -0.25) is 0 Å². The molecule has 98 valence electrons. The molecular formula is C15H19BrFN. The van der Waals surface area contributed by atoms with Gasteiger partial charge < -0.3 is 5.32 Å². The molecule has 0 spiro atoms. The summed E-state index contributed by atoms with van der Waals surface area (Å²) in [4.78, 5) is 0. The Balaban J connectivity index is 1.51. The largest absolute Gasteiger partial charge is 0.312 e. The van der Waals surface area contributed by atoms with Crippen LogP contribution in [0.15, 0.2) is 22.7 Å². The molecule has 3 rings (SSSR count). The predicted molar refractivity (Wildman–Crippen MR) is 74.7 cm³/mol. The van der Waals surface area contributed by atoms with Gasteiger partial charge in [0.25, 0.3) is 0 Å². The van der Waals surface area contributed by atoms with Crippen LogP contribution in [0.5, 0.6) is 0 Å². The molecule has 2 saturated carbocycles. The average molecular weight is 312 g/mol. The molecule has 3 atom stereocenters. The van der Waals surface area contributed by atoms with Crippen molar-refractivity contribution in [1.29, 1.82) is 0 Å². The van der Waals surface area contributed by atoms with Crippen LogP contribution in [0.25, 0.3) is 0 Å². The maximum Gasteiger partial charge on any atom is 0.137 e. The highest BCUT2D eigenvalue weighted by molar-refractivity contribution is 9.10. The van der Waals surface area contributed by atoms with Gasteiger partial charge in [0.2, 0.25) is 0 Å². The van der Waals surface area contributed by atoms with E-state index in [1.54, 1.807) is 6.07 Å². The first-order valence-electron chi connectivity index (χ1n) is 6.87. The Labute approximate surface area is 116 Å². The Hall–Kier alpha value is -0.410. The van der Waals surface area contributed by atoms with Gasteiger partial charge in [0, 0.05) is 6.54 Å². The summed E-state index contributed by atoms with van der Waals surface area (Å²) in [6, 6.07) is 5.24. The summed E-state index contributed by atoms with van der Waals surface area (Å²) in [6.07, 6.45) is 5.75. The highest BCUT2D eigenvalue weighted by Gasteiger charge is 2.38. The van der Waals surface area contributed by atoms with Crippen LogP contribution < -0.4 is 5.32 Å². The van der Waals surface area contributed by atoms with Crippen molar-refractivity contribution in [2.45, 2.75) is 32.2 Å². The van der Waals surface area contributed by atoms with Crippen molar-refractivity contribution >= 4 is 15.9 Å². The van der Waals surface area contributed by atoms with Crippen molar-refractivity contribution in [2.24, 2.45) is 17.8 Å². The normalized spacial score (nSPS) is 30.0. The SMILES string of the molecule is Fc1cccc(CNCC2CC3CCC2C3)c1Br. The number of rotatable bonds is 4. The second kappa shape index (κ2) is 5.30. The number of halogens is 2. The minimum absolute atomic E-state index is 0.172. The summed E-state index contributed by atoms with van der Waals surface area (Å²) in [6.45, 7) is 1.84. The van der Waals surface area contributed by atoms with Crippen LogP contribution in [-0.2, 0) is 6.54 Å². The van der Waals surface area contributed by atoms with E-state index in [1.807, 2.05) is 6.07 Å². The summed E-state index contributed by atoms with van der Waals surface area (Å²) >= 11 is 3.31. The molecule has 1 nitrogen and oxygen atoms in total. The van der Waals surface area contributed by atoms with E-state index >= 15 is 0 Å². The molecule has 1 N–H and O–H groups in total. The predicted octanol–water partition coefficient (Wildman–Crippen LogP) is 4.11. The summed E-state index contributed by atoms with van der Waals surface area (Å²) in [5.74, 6) is 2.64. The number of nitrogens with one attached hydrogen (secondary N) is 1. The van der Waals surface area contributed by atoms with Gasteiger partial charge in [-0.25, -0.2) is 4.39 Å². The van der Waals surface area contributed by atoms with Crippen LogP contribution >= 0.6 is 15.9 Å². The third-order valence-electron chi connectivity index (χ3n) is 4.64. The van der Waals surface area contributed by atoms with E-state index in [0.717, 1.165) is 36.4 Å². The third-order valence-corrected chi connectivity index (χ3v) is 5.53. The molecule has 0 heterocycles. The minimum atomic E-state index is -0.172. The lowest BCUT2D eigenvalue weighted by Crippen LogP contribution is -2.26. The molecule has 1 aromatic carbocycles. The maximum atomic E-state index is 13.4. The Morgan fingerprint density at radius 2 is 2.17 bits per heavy atom. The van der Waals surface area contributed by atoms with Crippen molar-refractivity contribution in [1.82, 2.24) is 5.32 Å². The van der Waals surface area contributed by atoms with E-state index in [-0.39, 0.29) is 5.82 Å². The van der Waals surface area contributed by atoms with Crippen molar-refractivity contribution in [3.05, 3.63) is 34.1 Å². The second-order valence-electron chi connectivity index (χ2n) is 5.78. The average Bonchev–Trinajstić information content (AvgIpc) is 2.97. The van der Waals surface area contributed by atoms with E-state index in [1.165, 1.54) is 31.7 Å². The summed E-state index contributed by atoms with van der Waals surface area (Å²) in [7, 11) is 0. The molecule has 2 fully saturated rings. The minimum Gasteiger partial charge on any atom is -0.312 e. The fourth-order valence-electron chi connectivity index (χ4n) is 3.70. The summed E-state index contributed by atoms with van der Waals surface area (Å²) in [5.41, 5.74) is 1.01. The van der Waals surface area contributed by atoms with Crippen molar-refractivity contribution in [3.8, 4) is 0 Å². The zero-order valence-corrected chi connectivity index (χ0v) is 12.0. The molecule has 1 aromatic rings. The highest BCUT2D eigenvalue weighted by atomic mass is 79.9. The van der Waals surface area contributed by atoms with E-state index in [2.05, 4.69) is 21.2 Å². The zero-order chi connectivity index (χ0) is 12.5. The molecule has 2 bridgehead atoms. The molecule has 0 saturated heterocycles. The number of hydrogen-bond donors (Lipinski definition) is 1. The first-order chi connectivity index (χ1) is 8.74. The lowest BCUT2D eigenvalue weighted by Gasteiger charge is -2.22. The Morgan fingerprint density at radius 3 is 2.89 bits per heavy atom. The monoisotopic (exact) mass is 311 g/mol. The first kappa shape index (κ1) is 12.6. The molecule has 3 unspecified atom stereocenters. The standard InChI is InChI=1S/C15H19BrFN/c16-15-12(2-1-3-14(15)17)8-18-9-13-7-10-4-5-11(13)6-10/h1-3,10-11,13,18H,4-9H2. The van der Waals surface area contributed by atoms with Crippen molar-refractivity contribution < 1.29 is 4.39 Å². The number of fused-ring (bicyclic) bond motifs is 2. The molecule has 0 aromatic heterocycles. The Morgan fingerprint density at radius 1 is 1.28 bits per heavy atom. The second-order valence-corrected chi connectivity index (χ2v) is 6.57. The van der Waals surface area contributed by atoms with Gasteiger partial charge in [-0.05, 0) is 71.1 Å².